The van der Waals surface area contributed by atoms with E-state index in [0.29, 0.717) is 19.6 Å². The number of ether oxygens (including phenoxy) is 2. The molecule has 0 radical (unpaired) electrons. The molecule has 0 saturated carbocycles. The molecule has 0 saturated heterocycles. The van der Waals surface area contributed by atoms with Gasteiger partial charge < -0.3 is 14.6 Å². The summed E-state index contributed by atoms with van der Waals surface area (Å²) in [6, 6.07) is 36.5. The highest BCUT2D eigenvalue weighted by atomic mass is 16.5. The van der Waals surface area contributed by atoms with Gasteiger partial charge >= 0.3 is 0 Å². The molecule has 4 aromatic carbocycles. The minimum absolute atomic E-state index is 0.00671. The number of rotatable bonds is 10. The molecular formula is C29H28O3. The fraction of sp³-hybridized carbons (Fsp3) is 0.172. The van der Waals surface area contributed by atoms with Crippen LogP contribution in [0.2, 0.25) is 0 Å². The van der Waals surface area contributed by atoms with E-state index in [9.17, 15) is 5.11 Å². The van der Waals surface area contributed by atoms with Crippen LogP contribution in [0.25, 0.3) is 0 Å². The van der Waals surface area contributed by atoms with E-state index in [2.05, 4.69) is 42.5 Å². The Morgan fingerprint density at radius 1 is 0.625 bits per heavy atom. The zero-order valence-corrected chi connectivity index (χ0v) is 18.1. The highest BCUT2D eigenvalue weighted by Crippen LogP contribution is 2.37. The molecule has 4 aromatic rings. The van der Waals surface area contributed by atoms with E-state index in [-0.39, 0.29) is 12.5 Å². The SMILES string of the molecule is OCCC(c1ccccc1)c1cc(OCc2ccccc2)ccc1OCc1ccccc1. The van der Waals surface area contributed by atoms with E-state index in [4.69, 9.17) is 9.47 Å². The summed E-state index contributed by atoms with van der Waals surface area (Å²) in [7, 11) is 0. The van der Waals surface area contributed by atoms with Crippen LogP contribution in [-0.2, 0) is 13.2 Å². The van der Waals surface area contributed by atoms with Gasteiger partial charge in [0.25, 0.3) is 0 Å². The third-order valence-corrected chi connectivity index (χ3v) is 5.46. The van der Waals surface area contributed by atoms with Crippen molar-refractivity contribution in [1.82, 2.24) is 0 Å². The minimum atomic E-state index is 0.00671. The highest BCUT2D eigenvalue weighted by Gasteiger charge is 2.19. The fourth-order valence-corrected chi connectivity index (χ4v) is 3.81. The third kappa shape index (κ3) is 5.77. The summed E-state index contributed by atoms with van der Waals surface area (Å²) in [6.07, 6.45) is 0.605. The van der Waals surface area contributed by atoms with Crippen LogP contribution in [0.15, 0.2) is 109 Å². The molecular weight excluding hydrogens is 396 g/mol. The van der Waals surface area contributed by atoms with Crippen molar-refractivity contribution in [3.05, 3.63) is 131 Å². The standard InChI is InChI=1S/C29H28O3/c30-19-18-27(25-14-8-3-9-15-25)28-20-26(31-21-23-10-4-1-5-11-23)16-17-29(28)32-22-24-12-6-2-7-13-24/h1-17,20,27,30H,18-19,21-22H2. The monoisotopic (exact) mass is 424 g/mol. The van der Waals surface area contributed by atoms with Crippen LogP contribution < -0.4 is 9.47 Å². The van der Waals surface area contributed by atoms with Gasteiger partial charge in [-0.1, -0.05) is 91.0 Å². The average Bonchev–Trinajstić information content (AvgIpc) is 2.87. The first kappa shape index (κ1) is 21.7. The van der Waals surface area contributed by atoms with E-state index in [1.165, 1.54) is 0 Å². The summed E-state index contributed by atoms with van der Waals surface area (Å²) in [6.45, 7) is 1.08. The number of hydrogen-bond donors (Lipinski definition) is 1. The first-order valence-electron chi connectivity index (χ1n) is 11.0. The molecule has 162 valence electrons. The Morgan fingerprint density at radius 3 is 1.78 bits per heavy atom. The topological polar surface area (TPSA) is 38.7 Å². The minimum Gasteiger partial charge on any atom is -0.489 e. The van der Waals surface area contributed by atoms with Crippen LogP contribution in [0.4, 0.5) is 0 Å². The van der Waals surface area contributed by atoms with Crippen LogP contribution in [0, 0.1) is 0 Å². The van der Waals surface area contributed by atoms with Crippen molar-refractivity contribution in [1.29, 1.82) is 0 Å². The van der Waals surface area contributed by atoms with Gasteiger partial charge in [-0.2, -0.15) is 0 Å². The van der Waals surface area contributed by atoms with Crippen LogP contribution in [-0.4, -0.2) is 11.7 Å². The number of hydrogen-bond acceptors (Lipinski definition) is 3. The van der Waals surface area contributed by atoms with Crippen molar-refractivity contribution in [2.24, 2.45) is 0 Å². The average molecular weight is 425 g/mol. The summed E-state index contributed by atoms with van der Waals surface area (Å²) >= 11 is 0. The van der Waals surface area contributed by atoms with Gasteiger partial charge in [0, 0.05) is 18.1 Å². The predicted octanol–water partition coefficient (Wildman–Crippen LogP) is 6.36. The van der Waals surface area contributed by atoms with Gasteiger partial charge in [0.1, 0.15) is 24.7 Å². The quantitative estimate of drug-likeness (QED) is 0.322. The van der Waals surface area contributed by atoms with Crippen molar-refractivity contribution in [2.75, 3.05) is 6.61 Å². The third-order valence-electron chi connectivity index (χ3n) is 5.46. The van der Waals surface area contributed by atoms with E-state index in [0.717, 1.165) is 33.8 Å². The van der Waals surface area contributed by atoms with Gasteiger partial charge in [0.15, 0.2) is 0 Å². The molecule has 0 fully saturated rings. The Kier molecular flexibility index (Phi) is 7.56. The van der Waals surface area contributed by atoms with Gasteiger partial charge in [0.2, 0.25) is 0 Å². The first-order valence-corrected chi connectivity index (χ1v) is 11.0. The molecule has 32 heavy (non-hydrogen) atoms. The molecule has 0 aliphatic heterocycles. The molecule has 0 bridgehead atoms. The van der Waals surface area contributed by atoms with Gasteiger partial charge in [0.05, 0.1) is 0 Å². The molecule has 0 amide bonds. The zero-order valence-electron chi connectivity index (χ0n) is 18.1. The van der Waals surface area contributed by atoms with Crippen molar-refractivity contribution >= 4 is 0 Å². The lowest BCUT2D eigenvalue weighted by Crippen LogP contribution is -2.08. The fourth-order valence-electron chi connectivity index (χ4n) is 3.81. The van der Waals surface area contributed by atoms with Crippen LogP contribution in [0.1, 0.15) is 34.6 Å². The molecule has 0 aliphatic carbocycles. The van der Waals surface area contributed by atoms with Gasteiger partial charge in [-0.3, -0.25) is 0 Å². The van der Waals surface area contributed by atoms with Gasteiger partial charge in [-0.15, -0.1) is 0 Å². The smallest absolute Gasteiger partial charge is 0.123 e. The molecule has 1 N–H and O–H groups in total. The summed E-state index contributed by atoms with van der Waals surface area (Å²) < 4.78 is 12.3. The number of aliphatic hydroxyl groups is 1. The molecule has 0 aromatic heterocycles. The highest BCUT2D eigenvalue weighted by molar-refractivity contribution is 5.46. The molecule has 1 atom stereocenters. The van der Waals surface area contributed by atoms with Crippen LogP contribution in [0.3, 0.4) is 0 Å². The van der Waals surface area contributed by atoms with Crippen molar-refractivity contribution in [2.45, 2.75) is 25.6 Å². The summed E-state index contributed by atoms with van der Waals surface area (Å²) in [5, 5.41) is 9.81. The Hall–Kier alpha value is -3.56. The molecule has 4 rings (SSSR count). The molecule has 0 heterocycles. The molecule has 0 aliphatic rings. The van der Waals surface area contributed by atoms with Crippen molar-refractivity contribution in [3.8, 4) is 11.5 Å². The Balaban J connectivity index is 1.63. The first-order chi connectivity index (χ1) is 15.8. The second kappa shape index (κ2) is 11.2. The maximum Gasteiger partial charge on any atom is 0.123 e. The van der Waals surface area contributed by atoms with E-state index >= 15 is 0 Å². The second-order valence-corrected chi connectivity index (χ2v) is 7.72. The maximum absolute atomic E-state index is 9.81. The lowest BCUT2D eigenvalue weighted by atomic mass is 9.88. The number of benzene rings is 4. The predicted molar refractivity (Wildman–Crippen MR) is 128 cm³/mol. The summed E-state index contributed by atoms with van der Waals surface area (Å²) in [5.74, 6) is 1.60. The Bertz CT molecular complexity index is 1080. The lowest BCUT2D eigenvalue weighted by molar-refractivity contribution is 0.274. The number of aliphatic hydroxyl groups excluding tert-OH is 1. The largest absolute Gasteiger partial charge is 0.489 e. The Labute approximate surface area is 189 Å². The molecule has 3 heteroatoms. The lowest BCUT2D eigenvalue weighted by Gasteiger charge is -2.22. The molecule has 1 unspecified atom stereocenters. The normalized spacial score (nSPS) is 11.7. The summed E-state index contributed by atoms with van der Waals surface area (Å²) in [5.41, 5.74) is 4.40. The Morgan fingerprint density at radius 2 is 1.19 bits per heavy atom. The van der Waals surface area contributed by atoms with Crippen LogP contribution in [0.5, 0.6) is 11.5 Å². The van der Waals surface area contributed by atoms with E-state index in [1.807, 2.05) is 66.7 Å². The molecule has 3 nitrogen and oxygen atoms in total. The van der Waals surface area contributed by atoms with E-state index in [1.54, 1.807) is 0 Å². The van der Waals surface area contributed by atoms with Crippen molar-refractivity contribution in [3.63, 3.8) is 0 Å². The summed E-state index contributed by atoms with van der Waals surface area (Å²) in [4.78, 5) is 0. The van der Waals surface area contributed by atoms with Gasteiger partial charge in [-0.05, 0) is 41.3 Å². The van der Waals surface area contributed by atoms with Crippen molar-refractivity contribution < 1.29 is 14.6 Å². The molecule has 0 spiro atoms. The van der Waals surface area contributed by atoms with Gasteiger partial charge in [-0.25, -0.2) is 0 Å². The maximum atomic E-state index is 9.81. The second-order valence-electron chi connectivity index (χ2n) is 7.72. The zero-order chi connectivity index (χ0) is 22.0. The van der Waals surface area contributed by atoms with Crippen LogP contribution >= 0.6 is 0 Å². The van der Waals surface area contributed by atoms with E-state index < -0.39 is 0 Å².